The number of rotatable bonds is 7. The van der Waals surface area contributed by atoms with Gasteiger partial charge in [0.2, 0.25) is 11.8 Å². The molecule has 0 aliphatic carbocycles. The Hall–Kier alpha value is -1.06. The first-order valence-corrected chi connectivity index (χ1v) is 7.12. The third-order valence-electron chi connectivity index (χ3n) is 3.32. The second-order valence-corrected chi connectivity index (χ2v) is 5.56. The Bertz CT molecular complexity index is 290. The molecule has 1 saturated heterocycles. The number of nitrogens with one attached hydrogen (secondary N) is 1. The summed E-state index contributed by atoms with van der Waals surface area (Å²) < 4.78 is 0. The molecule has 0 aromatic rings. The number of carbonyl (C=O) groups excluding carboxylic acids is 2. The molecule has 1 aliphatic rings. The first-order valence-electron chi connectivity index (χ1n) is 7.12. The number of nitrogens with zero attached hydrogens (tertiary/aromatic N) is 1. The Morgan fingerprint density at radius 1 is 1.33 bits per heavy atom. The molecule has 0 saturated carbocycles. The van der Waals surface area contributed by atoms with Crippen molar-refractivity contribution in [1.29, 1.82) is 0 Å². The maximum atomic E-state index is 12.1. The lowest BCUT2D eigenvalue weighted by molar-refractivity contribution is -0.144. The summed E-state index contributed by atoms with van der Waals surface area (Å²) in [6, 6.07) is -0.290. The molecule has 1 fully saturated rings. The Morgan fingerprint density at radius 3 is 2.67 bits per heavy atom. The smallest absolute Gasteiger partial charge is 0.245 e. The van der Waals surface area contributed by atoms with Crippen LogP contribution in [0.5, 0.6) is 0 Å². The van der Waals surface area contributed by atoms with Crippen molar-refractivity contribution >= 4 is 11.8 Å². The summed E-state index contributed by atoms with van der Waals surface area (Å²) in [7, 11) is 0. The van der Waals surface area contributed by atoms with Crippen LogP contribution in [0.15, 0.2) is 0 Å². The summed E-state index contributed by atoms with van der Waals surface area (Å²) in [6.07, 6.45) is 4.97. The highest BCUT2D eigenvalue weighted by atomic mass is 16.2. The van der Waals surface area contributed by atoms with Crippen LogP contribution in [0.4, 0.5) is 0 Å². The van der Waals surface area contributed by atoms with Crippen molar-refractivity contribution in [1.82, 2.24) is 10.2 Å². The standard InChI is InChI=1S/C14H26N2O2/c1-4-7-12-14(18)16(10-13(17)15-12)9-6-5-8-11(2)3/h11-12H,4-10H2,1-3H3,(H,15,17). The minimum atomic E-state index is -0.290. The van der Waals surface area contributed by atoms with E-state index in [0.29, 0.717) is 5.92 Å². The fourth-order valence-corrected chi connectivity index (χ4v) is 2.30. The van der Waals surface area contributed by atoms with Gasteiger partial charge >= 0.3 is 0 Å². The number of amides is 2. The van der Waals surface area contributed by atoms with Crippen LogP contribution < -0.4 is 5.32 Å². The molecule has 0 bridgehead atoms. The second kappa shape index (κ2) is 7.39. The molecule has 1 aliphatic heterocycles. The van der Waals surface area contributed by atoms with Crippen molar-refractivity contribution < 1.29 is 9.59 Å². The highest BCUT2D eigenvalue weighted by Gasteiger charge is 2.31. The Labute approximate surface area is 110 Å². The lowest BCUT2D eigenvalue weighted by atomic mass is 10.0. The van der Waals surface area contributed by atoms with Gasteiger partial charge in [0.15, 0.2) is 0 Å². The molecule has 104 valence electrons. The topological polar surface area (TPSA) is 49.4 Å². The molecule has 1 heterocycles. The summed E-state index contributed by atoms with van der Waals surface area (Å²) in [5.74, 6) is 0.788. The zero-order valence-electron chi connectivity index (χ0n) is 11.9. The van der Waals surface area contributed by atoms with Gasteiger partial charge in [0.05, 0.1) is 6.54 Å². The van der Waals surface area contributed by atoms with Crippen molar-refractivity contribution in [2.45, 2.75) is 58.9 Å². The molecular formula is C14H26N2O2. The molecule has 4 nitrogen and oxygen atoms in total. The van der Waals surface area contributed by atoms with Gasteiger partial charge in [-0.2, -0.15) is 0 Å². The summed E-state index contributed by atoms with van der Waals surface area (Å²) in [4.78, 5) is 25.4. The Balaban J connectivity index is 2.38. The van der Waals surface area contributed by atoms with Crippen LogP contribution in [0.1, 0.15) is 52.9 Å². The van der Waals surface area contributed by atoms with Crippen molar-refractivity contribution in [3.8, 4) is 0 Å². The third-order valence-corrected chi connectivity index (χ3v) is 3.32. The zero-order valence-corrected chi connectivity index (χ0v) is 11.9. The first-order chi connectivity index (χ1) is 8.54. The van der Waals surface area contributed by atoms with Gasteiger partial charge in [-0.1, -0.05) is 40.0 Å². The minimum Gasteiger partial charge on any atom is -0.343 e. The van der Waals surface area contributed by atoms with Crippen LogP contribution in [0, 0.1) is 5.92 Å². The van der Waals surface area contributed by atoms with E-state index in [9.17, 15) is 9.59 Å². The van der Waals surface area contributed by atoms with Crippen molar-refractivity contribution in [3.63, 3.8) is 0 Å². The summed E-state index contributed by atoms with van der Waals surface area (Å²) >= 11 is 0. The number of carbonyl (C=O) groups is 2. The van der Waals surface area contributed by atoms with Crippen molar-refractivity contribution in [2.75, 3.05) is 13.1 Å². The summed E-state index contributed by atoms with van der Waals surface area (Å²) in [5, 5.41) is 2.78. The van der Waals surface area contributed by atoms with E-state index in [1.807, 2.05) is 6.92 Å². The fourth-order valence-electron chi connectivity index (χ4n) is 2.30. The molecule has 1 atom stereocenters. The van der Waals surface area contributed by atoms with Gasteiger partial charge in [0.1, 0.15) is 6.04 Å². The average Bonchev–Trinajstić information content (AvgIpc) is 2.30. The van der Waals surface area contributed by atoms with E-state index in [4.69, 9.17) is 0 Å². The monoisotopic (exact) mass is 254 g/mol. The number of unbranched alkanes of at least 4 members (excludes halogenated alkanes) is 1. The van der Waals surface area contributed by atoms with E-state index in [1.54, 1.807) is 4.90 Å². The number of piperazine rings is 1. The molecule has 0 spiro atoms. The number of hydrogen-bond donors (Lipinski definition) is 1. The van der Waals surface area contributed by atoms with Crippen LogP contribution in [-0.4, -0.2) is 35.8 Å². The zero-order chi connectivity index (χ0) is 13.5. The second-order valence-electron chi connectivity index (χ2n) is 5.56. The van der Waals surface area contributed by atoms with E-state index in [2.05, 4.69) is 19.2 Å². The molecule has 2 amide bonds. The van der Waals surface area contributed by atoms with Crippen molar-refractivity contribution in [2.24, 2.45) is 5.92 Å². The van der Waals surface area contributed by atoms with Crippen LogP contribution in [-0.2, 0) is 9.59 Å². The molecule has 0 aromatic heterocycles. The first kappa shape index (κ1) is 15.0. The van der Waals surface area contributed by atoms with Gasteiger partial charge in [0.25, 0.3) is 0 Å². The van der Waals surface area contributed by atoms with E-state index in [0.717, 1.165) is 32.2 Å². The summed E-state index contributed by atoms with van der Waals surface area (Å²) in [5.41, 5.74) is 0. The normalized spacial score (nSPS) is 20.4. The van der Waals surface area contributed by atoms with Gasteiger partial charge < -0.3 is 10.2 Å². The maximum Gasteiger partial charge on any atom is 0.245 e. The van der Waals surface area contributed by atoms with E-state index in [-0.39, 0.29) is 24.4 Å². The Morgan fingerprint density at radius 2 is 2.06 bits per heavy atom. The van der Waals surface area contributed by atoms with Gasteiger partial charge in [0, 0.05) is 6.54 Å². The third kappa shape index (κ3) is 4.67. The highest BCUT2D eigenvalue weighted by Crippen LogP contribution is 2.11. The van der Waals surface area contributed by atoms with E-state index in [1.165, 1.54) is 6.42 Å². The number of hydrogen-bond acceptors (Lipinski definition) is 2. The maximum absolute atomic E-state index is 12.1. The van der Waals surface area contributed by atoms with E-state index < -0.39 is 0 Å². The van der Waals surface area contributed by atoms with Gasteiger partial charge in [-0.15, -0.1) is 0 Å². The molecular weight excluding hydrogens is 228 g/mol. The minimum absolute atomic E-state index is 0.0168. The van der Waals surface area contributed by atoms with Gasteiger partial charge in [-0.3, -0.25) is 9.59 Å². The predicted molar refractivity (Wildman–Crippen MR) is 72.1 cm³/mol. The van der Waals surface area contributed by atoms with Crippen LogP contribution in [0.25, 0.3) is 0 Å². The molecule has 1 unspecified atom stereocenters. The molecule has 18 heavy (non-hydrogen) atoms. The van der Waals surface area contributed by atoms with Crippen LogP contribution >= 0.6 is 0 Å². The van der Waals surface area contributed by atoms with Gasteiger partial charge in [-0.05, 0) is 18.8 Å². The molecule has 0 aromatic carbocycles. The van der Waals surface area contributed by atoms with Crippen LogP contribution in [0.3, 0.4) is 0 Å². The molecule has 1 rings (SSSR count). The SMILES string of the molecule is CCCC1NC(=O)CN(CCCCC(C)C)C1=O. The highest BCUT2D eigenvalue weighted by molar-refractivity contribution is 5.94. The fraction of sp³-hybridized carbons (Fsp3) is 0.857. The lowest BCUT2D eigenvalue weighted by Gasteiger charge is -2.32. The average molecular weight is 254 g/mol. The predicted octanol–water partition coefficient (Wildman–Crippen LogP) is 1.94. The lowest BCUT2D eigenvalue weighted by Crippen LogP contribution is -2.58. The van der Waals surface area contributed by atoms with Gasteiger partial charge in [-0.25, -0.2) is 0 Å². The van der Waals surface area contributed by atoms with Crippen molar-refractivity contribution in [3.05, 3.63) is 0 Å². The molecule has 1 N–H and O–H groups in total. The van der Waals surface area contributed by atoms with E-state index >= 15 is 0 Å². The van der Waals surface area contributed by atoms with Crippen LogP contribution in [0.2, 0.25) is 0 Å². The Kier molecular flexibility index (Phi) is 6.16. The summed E-state index contributed by atoms with van der Waals surface area (Å²) in [6.45, 7) is 7.40. The largest absolute Gasteiger partial charge is 0.343 e. The quantitative estimate of drug-likeness (QED) is 0.706. The molecule has 4 heteroatoms. The molecule has 0 radical (unpaired) electrons.